The first-order valence-corrected chi connectivity index (χ1v) is 10.6. The zero-order chi connectivity index (χ0) is 20.1. The molecule has 0 bridgehead atoms. The molecule has 0 aliphatic carbocycles. The van der Waals surface area contributed by atoms with Crippen molar-refractivity contribution in [1.29, 1.82) is 0 Å². The number of sulfonamides is 1. The van der Waals surface area contributed by atoms with E-state index in [9.17, 15) is 13.2 Å². The highest BCUT2D eigenvalue weighted by Gasteiger charge is 2.29. The highest BCUT2D eigenvalue weighted by molar-refractivity contribution is 7.89. The van der Waals surface area contributed by atoms with Crippen molar-refractivity contribution in [2.75, 3.05) is 33.3 Å². The summed E-state index contributed by atoms with van der Waals surface area (Å²) in [4.78, 5) is 14.2. The Morgan fingerprint density at radius 1 is 1.00 bits per heavy atom. The van der Waals surface area contributed by atoms with Crippen LogP contribution in [0.25, 0.3) is 6.08 Å². The Balaban J connectivity index is 1.59. The molecule has 2 aromatic rings. The molecular weight excluding hydrogens is 400 g/mol. The molecule has 1 saturated heterocycles. The van der Waals surface area contributed by atoms with Crippen molar-refractivity contribution in [1.82, 2.24) is 9.21 Å². The SMILES string of the molecule is COc1ccc(S(=O)(=O)N2CCN(C(=O)/C=C/c3ccc(Cl)cc3)CC2)cc1. The molecule has 8 heteroatoms. The number of methoxy groups -OCH3 is 1. The predicted molar refractivity (Wildman–Crippen MR) is 109 cm³/mol. The van der Waals surface area contributed by atoms with Crippen molar-refractivity contribution >= 4 is 33.6 Å². The maximum absolute atomic E-state index is 12.8. The molecule has 0 aromatic heterocycles. The van der Waals surface area contributed by atoms with Crippen LogP contribution in [0.3, 0.4) is 0 Å². The fourth-order valence-electron chi connectivity index (χ4n) is 2.89. The molecule has 2 aromatic carbocycles. The monoisotopic (exact) mass is 420 g/mol. The summed E-state index contributed by atoms with van der Waals surface area (Å²) in [6, 6.07) is 13.5. The number of hydrogen-bond acceptors (Lipinski definition) is 4. The first-order valence-electron chi connectivity index (χ1n) is 8.77. The van der Waals surface area contributed by atoms with Crippen LogP contribution in [0.1, 0.15) is 5.56 Å². The highest BCUT2D eigenvalue weighted by Crippen LogP contribution is 2.21. The maximum Gasteiger partial charge on any atom is 0.246 e. The Kier molecular flexibility index (Phi) is 6.39. The summed E-state index contributed by atoms with van der Waals surface area (Å²) in [5.41, 5.74) is 0.874. The van der Waals surface area contributed by atoms with E-state index in [1.54, 1.807) is 35.2 Å². The van der Waals surface area contributed by atoms with Crippen LogP contribution < -0.4 is 4.74 Å². The molecule has 6 nitrogen and oxygen atoms in total. The molecule has 0 radical (unpaired) electrons. The van der Waals surface area contributed by atoms with E-state index in [2.05, 4.69) is 0 Å². The van der Waals surface area contributed by atoms with Crippen molar-refractivity contribution in [2.24, 2.45) is 0 Å². The number of carbonyl (C=O) groups excluding carboxylic acids is 1. The van der Waals surface area contributed by atoms with E-state index in [4.69, 9.17) is 16.3 Å². The molecule has 1 aliphatic heterocycles. The molecule has 1 aliphatic rings. The third-order valence-electron chi connectivity index (χ3n) is 4.54. The number of nitrogens with zero attached hydrogens (tertiary/aromatic N) is 2. The molecule has 3 rings (SSSR count). The first kappa shape index (κ1) is 20.4. The number of benzene rings is 2. The third kappa shape index (κ3) is 4.73. The van der Waals surface area contributed by atoms with Crippen LogP contribution in [0.15, 0.2) is 59.5 Å². The van der Waals surface area contributed by atoms with Gasteiger partial charge in [-0.15, -0.1) is 0 Å². The number of rotatable bonds is 5. The van der Waals surface area contributed by atoms with Gasteiger partial charge in [0.25, 0.3) is 0 Å². The van der Waals surface area contributed by atoms with Gasteiger partial charge in [0.1, 0.15) is 5.75 Å². The molecule has 148 valence electrons. The summed E-state index contributed by atoms with van der Waals surface area (Å²) in [6.45, 7) is 1.21. The molecule has 1 heterocycles. The van der Waals surface area contributed by atoms with Gasteiger partial charge in [0.15, 0.2) is 0 Å². The topological polar surface area (TPSA) is 66.9 Å². The summed E-state index contributed by atoms with van der Waals surface area (Å²) in [6.07, 6.45) is 3.22. The quantitative estimate of drug-likeness (QED) is 0.697. The highest BCUT2D eigenvalue weighted by atomic mass is 35.5. The lowest BCUT2D eigenvalue weighted by Gasteiger charge is -2.33. The van der Waals surface area contributed by atoms with Crippen molar-refractivity contribution in [3.05, 3.63) is 65.2 Å². The molecule has 0 atom stereocenters. The zero-order valence-electron chi connectivity index (χ0n) is 15.4. The molecule has 28 heavy (non-hydrogen) atoms. The lowest BCUT2D eigenvalue weighted by Crippen LogP contribution is -2.50. The maximum atomic E-state index is 12.8. The smallest absolute Gasteiger partial charge is 0.246 e. The van der Waals surface area contributed by atoms with Crippen molar-refractivity contribution < 1.29 is 17.9 Å². The van der Waals surface area contributed by atoms with Gasteiger partial charge in [0.05, 0.1) is 12.0 Å². The van der Waals surface area contributed by atoms with E-state index in [0.717, 1.165) is 5.56 Å². The lowest BCUT2D eigenvalue weighted by atomic mass is 10.2. The van der Waals surface area contributed by atoms with Gasteiger partial charge in [-0.25, -0.2) is 8.42 Å². The minimum Gasteiger partial charge on any atom is -0.497 e. The lowest BCUT2D eigenvalue weighted by molar-refractivity contribution is -0.127. The fourth-order valence-corrected chi connectivity index (χ4v) is 4.44. The van der Waals surface area contributed by atoms with E-state index in [1.807, 2.05) is 12.1 Å². The van der Waals surface area contributed by atoms with Crippen LogP contribution in [0.2, 0.25) is 5.02 Å². The van der Waals surface area contributed by atoms with Gasteiger partial charge in [-0.3, -0.25) is 4.79 Å². The Hall–Kier alpha value is -2.35. The predicted octanol–water partition coefficient (Wildman–Crippen LogP) is 2.89. The normalized spacial score (nSPS) is 15.7. The Morgan fingerprint density at radius 3 is 2.18 bits per heavy atom. The second kappa shape index (κ2) is 8.77. The Bertz CT molecular complexity index is 949. The standard InChI is InChI=1S/C20H21ClN2O4S/c1-27-18-7-9-19(10-8-18)28(25,26)23-14-12-22(13-15-23)20(24)11-4-16-2-5-17(21)6-3-16/h2-11H,12-15H2,1H3/b11-4+. The number of carbonyl (C=O) groups is 1. The zero-order valence-corrected chi connectivity index (χ0v) is 17.0. The second-order valence-corrected chi connectivity index (χ2v) is 8.66. The van der Waals surface area contributed by atoms with E-state index >= 15 is 0 Å². The minimum atomic E-state index is -3.59. The van der Waals surface area contributed by atoms with Crippen molar-refractivity contribution in [3.63, 3.8) is 0 Å². The van der Waals surface area contributed by atoms with Crippen LogP contribution in [0, 0.1) is 0 Å². The van der Waals surface area contributed by atoms with Gasteiger partial charge < -0.3 is 9.64 Å². The summed E-state index contributed by atoms with van der Waals surface area (Å²) >= 11 is 5.85. The molecule has 0 unspecified atom stereocenters. The van der Waals surface area contributed by atoms with Gasteiger partial charge in [0.2, 0.25) is 15.9 Å². The second-order valence-electron chi connectivity index (χ2n) is 6.29. The van der Waals surface area contributed by atoms with E-state index < -0.39 is 10.0 Å². The first-order chi connectivity index (χ1) is 13.4. The number of halogens is 1. The van der Waals surface area contributed by atoms with Gasteiger partial charge in [-0.1, -0.05) is 23.7 Å². The molecule has 1 fully saturated rings. The Morgan fingerprint density at radius 2 is 1.61 bits per heavy atom. The van der Waals surface area contributed by atoms with Gasteiger partial charge in [-0.05, 0) is 48.0 Å². The molecule has 0 spiro atoms. The summed E-state index contributed by atoms with van der Waals surface area (Å²) in [5, 5.41) is 0.637. The van der Waals surface area contributed by atoms with Gasteiger partial charge >= 0.3 is 0 Å². The third-order valence-corrected chi connectivity index (χ3v) is 6.70. The molecule has 0 N–H and O–H groups in total. The number of amides is 1. The van der Waals surface area contributed by atoms with Crippen LogP contribution in [-0.4, -0.2) is 56.8 Å². The largest absolute Gasteiger partial charge is 0.497 e. The number of hydrogen-bond donors (Lipinski definition) is 0. The van der Waals surface area contributed by atoms with E-state index in [1.165, 1.54) is 29.6 Å². The molecule has 0 saturated carbocycles. The fraction of sp³-hybridized carbons (Fsp3) is 0.250. The molecular formula is C20H21ClN2O4S. The van der Waals surface area contributed by atoms with Crippen LogP contribution >= 0.6 is 11.6 Å². The van der Waals surface area contributed by atoms with Crippen LogP contribution in [0.4, 0.5) is 0 Å². The average molecular weight is 421 g/mol. The summed E-state index contributed by atoms with van der Waals surface area (Å²) in [7, 11) is -2.06. The van der Waals surface area contributed by atoms with Crippen molar-refractivity contribution in [2.45, 2.75) is 4.90 Å². The Labute approximate surface area is 170 Å². The van der Waals surface area contributed by atoms with Crippen LogP contribution in [-0.2, 0) is 14.8 Å². The van der Waals surface area contributed by atoms with Crippen LogP contribution in [0.5, 0.6) is 5.75 Å². The number of piperazine rings is 1. The number of ether oxygens (including phenoxy) is 1. The van der Waals surface area contributed by atoms with Gasteiger partial charge in [-0.2, -0.15) is 4.31 Å². The summed E-state index contributed by atoms with van der Waals surface area (Å²) < 4.78 is 32.0. The van der Waals surface area contributed by atoms with Gasteiger partial charge in [0, 0.05) is 37.3 Å². The average Bonchev–Trinajstić information content (AvgIpc) is 2.73. The minimum absolute atomic E-state index is 0.142. The van der Waals surface area contributed by atoms with E-state index in [0.29, 0.717) is 23.9 Å². The molecule has 1 amide bonds. The summed E-state index contributed by atoms with van der Waals surface area (Å²) in [5.74, 6) is 0.457. The van der Waals surface area contributed by atoms with Crippen molar-refractivity contribution in [3.8, 4) is 5.75 Å². The van der Waals surface area contributed by atoms with E-state index in [-0.39, 0.29) is 23.9 Å².